The molecule has 1 aliphatic rings. The van der Waals surface area contributed by atoms with Gasteiger partial charge in [-0.3, -0.25) is 13.9 Å². The molecule has 11 heteroatoms. The normalized spacial score (nSPS) is 13.8. The van der Waals surface area contributed by atoms with Crippen molar-refractivity contribution in [3.8, 4) is 11.5 Å². The lowest BCUT2D eigenvalue weighted by molar-refractivity contribution is -0.140. The number of halogens is 1. The molecule has 0 bridgehead atoms. The summed E-state index contributed by atoms with van der Waals surface area (Å²) in [5.74, 6) is 0.241. The molecule has 5 rings (SSSR count). The molecule has 1 N–H and O–H groups in total. The molecule has 4 aromatic carbocycles. The molecule has 9 nitrogen and oxygen atoms in total. The second-order valence-corrected chi connectivity index (χ2v) is 14.0. The predicted octanol–water partition coefficient (Wildman–Crippen LogP) is 6.25. The first-order valence-corrected chi connectivity index (χ1v) is 17.7. The first-order chi connectivity index (χ1) is 23.2. The number of amides is 2. The zero-order valence-electron chi connectivity index (χ0n) is 27.0. The summed E-state index contributed by atoms with van der Waals surface area (Å²) in [7, 11) is -1.23. The van der Waals surface area contributed by atoms with E-state index in [1.165, 1.54) is 30.2 Å². The van der Waals surface area contributed by atoms with Crippen molar-refractivity contribution >= 4 is 39.1 Å². The number of hydrogen-bond donors (Lipinski definition) is 1. The molecular weight excluding hydrogens is 650 g/mol. The molecule has 0 aromatic heterocycles. The monoisotopic (exact) mass is 689 g/mol. The van der Waals surface area contributed by atoms with Gasteiger partial charge in [0.15, 0.2) is 0 Å². The summed E-state index contributed by atoms with van der Waals surface area (Å²) in [6, 6.07) is 28.1. The molecule has 0 radical (unpaired) electrons. The zero-order valence-corrected chi connectivity index (χ0v) is 28.6. The Kier molecular flexibility index (Phi) is 11.6. The van der Waals surface area contributed by atoms with E-state index in [1.54, 1.807) is 49.6 Å². The first-order valence-electron chi connectivity index (χ1n) is 15.9. The van der Waals surface area contributed by atoms with E-state index in [1.807, 2.05) is 42.5 Å². The van der Waals surface area contributed by atoms with Crippen LogP contribution in [0.4, 0.5) is 5.69 Å². The molecule has 2 amide bonds. The Morgan fingerprint density at radius 3 is 2.17 bits per heavy atom. The topological polar surface area (TPSA) is 105 Å². The van der Waals surface area contributed by atoms with Crippen LogP contribution in [0.5, 0.6) is 11.5 Å². The van der Waals surface area contributed by atoms with Crippen molar-refractivity contribution in [2.75, 3.05) is 25.1 Å². The van der Waals surface area contributed by atoms with Gasteiger partial charge >= 0.3 is 0 Å². The molecule has 0 saturated heterocycles. The largest absolute Gasteiger partial charge is 0.497 e. The lowest BCUT2D eigenvalue weighted by atomic mass is 10.0. The van der Waals surface area contributed by atoms with E-state index in [-0.39, 0.29) is 35.5 Å². The maximum absolute atomic E-state index is 14.7. The van der Waals surface area contributed by atoms with Crippen LogP contribution in [-0.2, 0) is 32.6 Å². The fraction of sp³-hybridized carbons (Fsp3) is 0.297. The Morgan fingerprint density at radius 1 is 0.833 bits per heavy atom. The van der Waals surface area contributed by atoms with E-state index in [0.717, 1.165) is 41.1 Å². The van der Waals surface area contributed by atoms with Crippen LogP contribution in [0.3, 0.4) is 0 Å². The smallest absolute Gasteiger partial charge is 0.264 e. The average molecular weight is 690 g/mol. The van der Waals surface area contributed by atoms with Gasteiger partial charge in [0.05, 0.1) is 24.8 Å². The minimum Gasteiger partial charge on any atom is -0.497 e. The van der Waals surface area contributed by atoms with Crippen molar-refractivity contribution in [2.24, 2.45) is 0 Å². The van der Waals surface area contributed by atoms with Gasteiger partial charge in [-0.05, 0) is 78.6 Å². The Labute approximate surface area is 287 Å². The molecule has 1 aliphatic carbocycles. The second-order valence-electron chi connectivity index (χ2n) is 11.7. The molecule has 48 heavy (non-hydrogen) atoms. The van der Waals surface area contributed by atoms with Gasteiger partial charge < -0.3 is 19.7 Å². The molecule has 4 aromatic rings. The van der Waals surface area contributed by atoms with Crippen LogP contribution in [0, 0.1) is 0 Å². The number of sulfonamides is 1. The van der Waals surface area contributed by atoms with Crippen LogP contribution in [0.2, 0.25) is 5.02 Å². The fourth-order valence-corrected chi connectivity index (χ4v) is 7.51. The molecule has 0 aliphatic heterocycles. The van der Waals surface area contributed by atoms with Gasteiger partial charge in [-0.1, -0.05) is 73.0 Å². The third-order valence-electron chi connectivity index (χ3n) is 8.48. The van der Waals surface area contributed by atoms with Crippen LogP contribution in [0.15, 0.2) is 108 Å². The lowest BCUT2D eigenvalue weighted by Crippen LogP contribution is -2.54. The summed E-state index contributed by atoms with van der Waals surface area (Å²) < 4.78 is 40.2. The maximum atomic E-state index is 14.7. The van der Waals surface area contributed by atoms with Crippen LogP contribution < -0.4 is 19.1 Å². The van der Waals surface area contributed by atoms with E-state index in [2.05, 4.69) is 5.32 Å². The number of methoxy groups -OCH3 is 2. The van der Waals surface area contributed by atoms with Gasteiger partial charge in [0.1, 0.15) is 24.1 Å². The summed E-state index contributed by atoms with van der Waals surface area (Å²) >= 11 is 6.32. The van der Waals surface area contributed by atoms with E-state index in [0.29, 0.717) is 16.5 Å². The number of benzene rings is 4. The minimum atomic E-state index is -4.28. The zero-order chi connectivity index (χ0) is 34.1. The maximum Gasteiger partial charge on any atom is 0.264 e. The van der Waals surface area contributed by atoms with E-state index < -0.39 is 28.5 Å². The van der Waals surface area contributed by atoms with E-state index in [9.17, 15) is 18.0 Å². The first kappa shape index (κ1) is 34.8. The highest BCUT2D eigenvalue weighted by molar-refractivity contribution is 7.92. The molecule has 0 spiro atoms. The van der Waals surface area contributed by atoms with Crippen molar-refractivity contribution < 1.29 is 27.5 Å². The second kappa shape index (κ2) is 16.0. The molecule has 1 saturated carbocycles. The highest BCUT2D eigenvalue weighted by Gasteiger charge is 2.35. The summed E-state index contributed by atoms with van der Waals surface area (Å²) in [4.78, 5) is 30.3. The molecule has 0 unspecified atom stereocenters. The van der Waals surface area contributed by atoms with Crippen LogP contribution in [0.1, 0.15) is 36.8 Å². The third kappa shape index (κ3) is 8.67. The number of nitrogens with one attached hydrogen (secondary N) is 1. The Bertz CT molecular complexity index is 1800. The summed E-state index contributed by atoms with van der Waals surface area (Å²) in [5.41, 5.74) is 1.80. The molecule has 252 valence electrons. The van der Waals surface area contributed by atoms with Crippen LogP contribution in [0.25, 0.3) is 0 Å². The number of rotatable bonds is 14. The Morgan fingerprint density at radius 2 is 1.50 bits per heavy atom. The average Bonchev–Trinajstić information content (AvgIpc) is 3.62. The predicted molar refractivity (Wildman–Crippen MR) is 187 cm³/mol. The van der Waals surface area contributed by atoms with Gasteiger partial charge in [-0.25, -0.2) is 8.42 Å². The summed E-state index contributed by atoms with van der Waals surface area (Å²) in [5, 5.41) is 3.49. The van der Waals surface area contributed by atoms with Crippen LogP contribution in [-0.4, -0.2) is 58.0 Å². The number of anilines is 1. The highest BCUT2D eigenvalue weighted by Crippen LogP contribution is 2.28. The Balaban J connectivity index is 1.57. The Hall–Kier alpha value is -4.54. The van der Waals surface area contributed by atoms with Crippen LogP contribution >= 0.6 is 11.6 Å². The van der Waals surface area contributed by atoms with Crippen molar-refractivity contribution in [2.45, 2.75) is 55.6 Å². The highest BCUT2D eigenvalue weighted by atomic mass is 35.5. The number of hydrogen-bond acceptors (Lipinski definition) is 6. The van der Waals surface area contributed by atoms with Gasteiger partial charge in [-0.15, -0.1) is 0 Å². The van der Waals surface area contributed by atoms with Crippen molar-refractivity contribution in [3.05, 3.63) is 119 Å². The minimum absolute atomic E-state index is 0.0166. The van der Waals surface area contributed by atoms with Gasteiger partial charge in [0.25, 0.3) is 10.0 Å². The van der Waals surface area contributed by atoms with Crippen molar-refractivity contribution in [3.63, 3.8) is 0 Å². The molecular formula is C37H40ClN3O6S. The standard InChI is InChI=1S/C37H40ClN3O6S/c1-46-32-18-20-34(21-19-32)48(44,45)41(31-16-9-13-29(38)24-31)26-36(42)40(25-28-12-8-17-33(22-28)47-2)35(23-27-10-4-3-5-11-27)37(43)39-30-14-6-7-15-30/h3-5,8-13,16-22,24,30,35H,6-7,14-15,23,25-26H2,1-2H3,(H,39,43)/t35-/m1/s1. The number of carbonyl (C=O) groups is 2. The summed E-state index contributed by atoms with van der Waals surface area (Å²) in [6.07, 6.45) is 4.03. The quantitative estimate of drug-likeness (QED) is 0.168. The number of nitrogens with zero attached hydrogens (tertiary/aromatic N) is 2. The molecule has 1 fully saturated rings. The SMILES string of the molecule is COc1ccc(S(=O)(=O)N(CC(=O)N(Cc2cccc(OC)c2)[C@H](Cc2ccccc2)C(=O)NC2CCCC2)c2cccc(Cl)c2)cc1. The van der Waals surface area contributed by atoms with E-state index >= 15 is 0 Å². The van der Waals surface area contributed by atoms with E-state index in [4.69, 9.17) is 21.1 Å². The third-order valence-corrected chi connectivity index (χ3v) is 10.5. The fourth-order valence-electron chi connectivity index (χ4n) is 5.92. The number of ether oxygens (including phenoxy) is 2. The van der Waals surface area contributed by atoms with Gasteiger partial charge in [0, 0.05) is 24.0 Å². The van der Waals surface area contributed by atoms with Crippen molar-refractivity contribution in [1.82, 2.24) is 10.2 Å². The van der Waals surface area contributed by atoms with Gasteiger partial charge in [-0.2, -0.15) is 0 Å². The lowest BCUT2D eigenvalue weighted by Gasteiger charge is -2.34. The molecule has 1 atom stereocenters. The number of carbonyl (C=O) groups excluding carboxylic acids is 2. The molecule has 0 heterocycles. The van der Waals surface area contributed by atoms with Crippen molar-refractivity contribution in [1.29, 1.82) is 0 Å². The summed E-state index contributed by atoms with van der Waals surface area (Å²) in [6.45, 7) is -0.543. The van der Waals surface area contributed by atoms with Gasteiger partial charge in [0.2, 0.25) is 11.8 Å².